The van der Waals surface area contributed by atoms with Crippen LogP contribution >= 0.6 is 0 Å². The van der Waals surface area contributed by atoms with Crippen molar-refractivity contribution >= 4 is 17.1 Å². The monoisotopic (exact) mass is 302 g/mol. The van der Waals surface area contributed by atoms with E-state index in [2.05, 4.69) is 0 Å². The lowest BCUT2D eigenvalue weighted by molar-refractivity contribution is -0.115. The van der Waals surface area contributed by atoms with E-state index in [4.69, 9.17) is 0 Å². The van der Waals surface area contributed by atoms with Crippen molar-refractivity contribution in [1.29, 1.82) is 0 Å². The van der Waals surface area contributed by atoms with Crippen molar-refractivity contribution in [3.05, 3.63) is 89.5 Å². The molecule has 2 nitrogen and oxygen atoms in total. The molecule has 2 aromatic rings. The molecule has 0 aromatic heterocycles. The van der Waals surface area contributed by atoms with Gasteiger partial charge in [-0.2, -0.15) is 0 Å². The first kappa shape index (κ1) is 15.2. The highest BCUT2D eigenvalue weighted by atomic mass is 16.1. The SMILES string of the molecule is O=C1C=C(/C(=C\C(=O)c2ccccc2)c2ccccc2)CCC1. The van der Waals surface area contributed by atoms with Crippen molar-refractivity contribution in [2.45, 2.75) is 19.3 Å². The summed E-state index contributed by atoms with van der Waals surface area (Å²) >= 11 is 0. The number of ketones is 2. The molecule has 0 heterocycles. The Morgan fingerprint density at radius 2 is 1.43 bits per heavy atom. The molecule has 3 rings (SSSR count). The summed E-state index contributed by atoms with van der Waals surface area (Å²) in [5.41, 5.74) is 3.44. The highest BCUT2D eigenvalue weighted by Crippen LogP contribution is 2.30. The summed E-state index contributed by atoms with van der Waals surface area (Å²) in [5.74, 6) is 0.101. The van der Waals surface area contributed by atoms with Gasteiger partial charge in [0, 0.05) is 12.0 Å². The summed E-state index contributed by atoms with van der Waals surface area (Å²) in [6.45, 7) is 0. The average Bonchev–Trinajstić information content (AvgIpc) is 2.61. The number of hydrogen-bond donors (Lipinski definition) is 0. The molecule has 0 unspecified atom stereocenters. The summed E-state index contributed by atoms with van der Waals surface area (Å²) < 4.78 is 0. The smallest absolute Gasteiger partial charge is 0.186 e. The van der Waals surface area contributed by atoms with Crippen LogP contribution in [0.2, 0.25) is 0 Å². The molecule has 0 amide bonds. The van der Waals surface area contributed by atoms with Gasteiger partial charge in [-0.05, 0) is 41.7 Å². The van der Waals surface area contributed by atoms with E-state index in [-0.39, 0.29) is 11.6 Å². The van der Waals surface area contributed by atoms with Crippen LogP contribution in [0.1, 0.15) is 35.2 Å². The molecule has 0 spiro atoms. The number of allylic oxidation sites excluding steroid dienone is 4. The lowest BCUT2D eigenvalue weighted by Crippen LogP contribution is -2.06. The van der Waals surface area contributed by atoms with E-state index in [1.54, 1.807) is 12.2 Å². The molecule has 0 radical (unpaired) electrons. The van der Waals surface area contributed by atoms with Gasteiger partial charge in [-0.15, -0.1) is 0 Å². The first-order valence-electron chi connectivity index (χ1n) is 7.84. The van der Waals surface area contributed by atoms with Gasteiger partial charge < -0.3 is 0 Å². The van der Waals surface area contributed by atoms with Gasteiger partial charge >= 0.3 is 0 Å². The third-order valence-electron chi connectivity index (χ3n) is 3.97. The van der Waals surface area contributed by atoms with Crippen molar-refractivity contribution in [2.75, 3.05) is 0 Å². The maximum Gasteiger partial charge on any atom is 0.186 e. The van der Waals surface area contributed by atoms with E-state index in [0.717, 1.165) is 29.6 Å². The summed E-state index contributed by atoms with van der Waals surface area (Å²) in [6.07, 6.45) is 5.62. The molecule has 2 heteroatoms. The molecule has 23 heavy (non-hydrogen) atoms. The fourth-order valence-electron chi connectivity index (χ4n) is 2.80. The van der Waals surface area contributed by atoms with Gasteiger partial charge in [0.2, 0.25) is 0 Å². The van der Waals surface area contributed by atoms with Crippen LogP contribution in [0.4, 0.5) is 0 Å². The molecular weight excluding hydrogens is 284 g/mol. The van der Waals surface area contributed by atoms with E-state index >= 15 is 0 Å². The first-order valence-corrected chi connectivity index (χ1v) is 7.84. The van der Waals surface area contributed by atoms with Crippen molar-refractivity contribution in [3.8, 4) is 0 Å². The third kappa shape index (κ3) is 3.72. The summed E-state index contributed by atoms with van der Waals surface area (Å²) in [6, 6.07) is 19.0. The van der Waals surface area contributed by atoms with Crippen LogP contribution in [0.3, 0.4) is 0 Å². The van der Waals surface area contributed by atoms with Crippen molar-refractivity contribution < 1.29 is 9.59 Å². The Morgan fingerprint density at radius 3 is 2.04 bits per heavy atom. The Morgan fingerprint density at radius 1 is 0.826 bits per heavy atom. The third-order valence-corrected chi connectivity index (χ3v) is 3.97. The molecule has 0 N–H and O–H groups in total. The van der Waals surface area contributed by atoms with E-state index in [1.165, 1.54) is 0 Å². The van der Waals surface area contributed by atoms with Crippen molar-refractivity contribution in [2.24, 2.45) is 0 Å². The minimum Gasteiger partial charge on any atom is -0.295 e. The standard InChI is InChI=1S/C21H18O2/c22-19-13-7-12-18(14-19)20(16-8-3-1-4-9-16)15-21(23)17-10-5-2-6-11-17/h1-6,8-11,14-15H,7,12-13H2/b20-15-. The predicted molar refractivity (Wildman–Crippen MR) is 92.1 cm³/mol. The molecule has 0 aliphatic heterocycles. The molecule has 1 aliphatic carbocycles. The molecule has 2 aromatic carbocycles. The minimum atomic E-state index is -0.0385. The fraction of sp³-hybridized carbons (Fsp3) is 0.143. The molecule has 1 aliphatic rings. The van der Waals surface area contributed by atoms with E-state index < -0.39 is 0 Å². The molecule has 0 fully saturated rings. The molecule has 0 saturated heterocycles. The van der Waals surface area contributed by atoms with Gasteiger partial charge in [0.15, 0.2) is 11.6 Å². The lowest BCUT2D eigenvalue weighted by atomic mass is 9.88. The summed E-state index contributed by atoms with van der Waals surface area (Å²) in [5, 5.41) is 0. The highest BCUT2D eigenvalue weighted by molar-refractivity contribution is 6.11. The topological polar surface area (TPSA) is 34.1 Å². The fourth-order valence-corrected chi connectivity index (χ4v) is 2.80. The normalized spacial score (nSPS) is 15.2. The van der Waals surface area contributed by atoms with E-state index in [9.17, 15) is 9.59 Å². The van der Waals surface area contributed by atoms with Crippen LogP contribution in [-0.4, -0.2) is 11.6 Å². The first-order chi connectivity index (χ1) is 11.2. The Balaban J connectivity index is 2.04. The van der Waals surface area contributed by atoms with Crippen molar-refractivity contribution in [1.82, 2.24) is 0 Å². The molecule has 0 bridgehead atoms. The van der Waals surface area contributed by atoms with Crippen LogP contribution in [0.15, 0.2) is 78.4 Å². The van der Waals surface area contributed by atoms with Crippen LogP contribution in [0.25, 0.3) is 5.57 Å². The summed E-state index contributed by atoms with van der Waals surface area (Å²) in [4.78, 5) is 24.3. The maximum absolute atomic E-state index is 12.6. The number of rotatable bonds is 4. The molecule has 0 saturated carbocycles. The molecule has 0 atom stereocenters. The van der Waals surface area contributed by atoms with E-state index in [1.807, 2.05) is 60.7 Å². The number of carbonyl (C=O) groups excluding carboxylic acids is 2. The molecular formula is C21H18O2. The Labute approximate surface area is 136 Å². The van der Waals surface area contributed by atoms with Crippen LogP contribution in [-0.2, 0) is 4.79 Å². The quantitative estimate of drug-likeness (QED) is 0.609. The average molecular weight is 302 g/mol. The highest BCUT2D eigenvalue weighted by Gasteiger charge is 2.16. The Hall–Kier alpha value is -2.74. The maximum atomic E-state index is 12.6. The zero-order chi connectivity index (χ0) is 16.1. The number of benzene rings is 2. The van der Waals surface area contributed by atoms with Gasteiger partial charge in [0.05, 0.1) is 0 Å². The largest absolute Gasteiger partial charge is 0.295 e. The minimum absolute atomic E-state index is 0.0385. The Kier molecular flexibility index (Phi) is 4.62. The van der Waals surface area contributed by atoms with E-state index in [0.29, 0.717) is 12.0 Å². The molecule has 114 valence electrons. The van der Waals surface area contributed by atoms with Gasteiger partial charge in [-0.25, -0.2) is 0 Å². The van der Waals surface area contributed by atoms with Crippen LogP contribution < -0.4 is 0 Å². The second-order valence-corrected chi connectivity index (χ2v) is 5.64. The number of hydrogen-bond acceptors (Lipinski definition) is 2. The van der Waals surface area contributed by atoms with Gasteiger partial charge in [0.1, 0.15) is 0 Å². The van der Waals surface area contributed by atoms with Crippen LogP contribution in [0, 0.1) is 0 Å². The summed E-state index contributed by atoms with van der Waals surface area (Å²) in [7, 11) is 0. The van der Waals surface area contributed by atoms with Crippen molar-refractivity contribution in [3.63, 3.8) is 0 Å². The second-order valence-electron chi connectivity index (χ2n) is 5.64. The Bertz CT molecular complexity index is 768. The zero-order valence-electron chi connectivity index (χ0n) is 12.9. The van der Waals surface area contributed by atoms with Gasteiger partial charge in [0.25, 0.3) is 0 Å². The lowest BCUT2D eigenvalue weighted by Gasteiger charge is -2.16. The second kappa shape index (κ2) is 7.01. The van der Waals surface area contributed by atoms with Crippen LogP contribution in [0.5, 0.6) is 0 Å². The van der Waals surface area contributed by atoms with Gasteiger partial charge in [-0.3, -0.25) is 9.59 Å². The van der Waals surface area contributed by atoms with Gasteiger partial charge in [-0.1, -0.05) is 60.7 Å². The predicted octanol–water partition coefficient (Wildman–Crippen LogP) is 4.63. The zero-order valence-corrected chi connectivity index (χ0v) is 12.9. The number of carbonyl (C=O) groups is 2.